The number of nitrogens with zero attached hydrogens (tertiary/aromatic N) is 4. The summed E-state index contributed by atoms with van der Waals surface area (Å²) in [6.07, 6.45) is 5.67. The largest absolute Gasteiger partial charge is 0.370 e. The molecule has 1 amide bonds. The highest BCUT2D eigenvalue weighted by Crippen LogP contribution is 2.38. The van der Waals surface area contributed by atoms with Crippen molar-refractivity contribution >= 4 is 33.3 Å². The molecule has 1 unspecified atom stereocenters. The molecule has 2 aromatic rings. The van der Waals surface area contributed by atoms with Crippen molar-refractivity contribution in [1.82, 2.24) is 9.88 Å². The Hall–Kier alpha value is -2.60. The van der Waals surface area contributed by atoms with Gasteiger partial charge in [0.1, 0.15) is 0 Å². The number of piperidine rings is 2. The third-order valence-corrected chi connectivity index (χ3v) is 8.17. The van der Waals surface area contributed by atoms with Crippen molar-refractivity contribution in [3.05, 3.63) is 35.5 Å². The maximum absolute atomic E-state index is 14.2. The lowest BCUT2D eigenvalue weighted by Crippen LogP contribution is -2.43. The number of pyridine rings is 1. The van der Waals surface area contributed by atoms with Gasteiger partial charge in [-0.1, -0.05) is 0 Å². The summed E-state index contributed by atoms with van der Waals surface area (Å²) in [6.45, 7) is 3.95. The lowest BCUT2D eigenvalue weighted by atomic mass is 9.81. The lowest BCUT2D eigenvalue weighted by molar-refractivity contribution is 0.0727. The molecule has 0 bridgehead atoms. The fourth-order valence-electron chi connectivity index (χ4n) is 4.57. The molecule has 9 heteroatoms. The molecule has 2 saturated heterocycles. The number of hydrogen-bond donors (Lipinski definition) is 0. The van der Waals surface area contributed by atoms with Crippen LogP contribution in [0.1, 0.15) is 43.0 Å². The highest BCUT2D eigenvalue weighted by Gasteiger charge is 2.34. The minimum atomic E-state index is -0.990. The number of amides is 1. The van der Waals surface area contributed by atoms with Crippen molar-refractivity contribution in [2.75, 3.05) is 37.3 Å². The van der Waals surface area contributed by atoms with Crippen molar-refractivity contribution in [3.63, 3.8) is 0 Å². The maximum atomic E-state index is 14.2. The van der Waals surface area contributed by atoms with E-state index in [1.165, 1.54) is 6.20 Å². The van der Waals surface area contributed by atoms with E-state index in [4.69, 9.17) is 0 Å². The predicted molar refractivity (Wildman–Crippen MR) is 120 cm³/mol. The first-order valence-corrected chi connectivity index (χ1v) is 12.4. The monoisotopic (exact) mass is 460 g/mol. The molecule has 0 spiro atoms. The minimum absolute atomic E-state index is 0.0797. The van der Waals surface area contributed by atoms with Crippen LogP contribution in [0.15, 0.2) is 18.3 Å². The van der Waals surface area contributed by atoms with Gasteiger partial charge in [-0.15, -0.1) is 0 Å². The average molecular weight is 461 g/mol. The Morgan fingerprint density at radius 3 is 2.41 bits per heavy atom. The van der Waals surface area contributed by atoms with E-state index in [2.05, 4.69) is 11.1 Å². The van der Waals surface area contributed by atoms with Crippen molar-refractivity contribution in [1.29, 1.82) is 5.26 Å². The second kappa shape index (κ2) is 8.74. The number of nitriles is 1. The third-order valence-electron chi connectivity index (χ3n) is 6.76. The normalized spacial score (nSPS) is 20.2. The Balaban J connectivity index is 1.73. The van der Waals surface area contributed by atoms with Gasteiger partial charge in [0.2, 0.25) is 0 Å². The molecule has 2 aliphatic rings. The molecule has 1 aromatic carbocycles. The number of halogens is 2. The zero-order chi connectivity index (χ0) is 23.0. The number of aromatic nitrogens is 1. The first-order valence-electron chi connectivity index (χ1n) is 10.8. The quantitative estimate of drug-likeness (QED) is 0.699. The summed E-state index contributed by atoms with van der Waals surface area (Å²) < 4.78 is 39.8. The summed E-state index contributed by atoms with van der Waals surface area (Å²) >= 11 is 0. The predicted octanol–water partition coefficient (Wildman–Crippen LogP) is 3.63. The van der Waals surface area contributed by atoms with E-state index in [0.29, 0.717) is 68.5 Å². The van der Waals surface area contributed by atoms with Crippen molar-refractivity contribution in [3.8, 4) is 6.07 Å². The van der Waals surface area contributed by atoms with Crippen LogP contribution in [0.25, 0.3) is 10.9 Å². The minimum Gasteiger partial charge on any atom is -0.370 e. The van der Waals surface area contributed by atoms with Crippen LogP contribution in [0, 0.1) is 28.4 Å². The first-order chi connectivity index (χ1) is 15.2. The third kappa shape index (κ3) is 4.20. The van der Waals surface area contributed by atoms with Crippen LogP contribution in [-0.2, 0) is 10.8 Å². The van der Waals surface area contributed by atoms with Crippen LogP contribution >= 0.6 is 0 Å². The van der Waals surface area contributed by atoms with Crippen LogP contribution in [0.4, 0.5) is 14.5 Å². The number of benzene rings is 1. The molecule has 0 N–H and O–H groups in total. The summed E-state index contributed by atoms with van der Waals surface area (Å²) in [5.74, 6) is -2.19. The van der Waals surface area contributed by atoms with Gasteiger partial charge in [-0.25, -0.2) is 8.78 Å². The van der Waals surface area contributed by atoms with Gasteiger partial charge in [0.25, 0.3) is 5.91 Å². The molecular weight excluding hydrogens is 434 g/mol. The van der Waals surface area contributed by atoms with Gasteiger partial charge in [-0.2, -0.15) is 5.26 Å². The lowest BCUT2D eigenvalue weighted by Gasteiger charge is -2.38. The van der Waals surface area contributed by atoms with Crippen LogP contribution < -0.4 is 4.90 Å². The highest BCUT2D eigenvalue weighted by atomic mass is 32.2. The van der Waals surface area contributed by atoms with Gasteiger partial charge in [0, 0.05) is 66.1 Å². The Morgan fingerprint density at radius 1 is 1.19 bits per heavy atom. The van der Waals surface area contributed by atoms with Crippen LogP contribution in [-0.4, -0.2) is 57.7 Å². The molecule has 2 aliphatic heterocycles. The Kier molecular flexibility index (Phi) is 6.17. The fourth-order valence-corrected chi connectivity index (χ4v) is 5.44. The van der Waals surface area contributed by atoms with E-state index < -0.39 is 27.8 Å². The number of carbonyl (C=O) groups excluding carboxylic acids is 1. The molecule has 3 heterocycles. The molecule has 170 valence electrons. The number of anilines is 1. The van der Waals surface area contributed by atoms with E-state index in [1.54, 1.807) is 11.2 Å². The Bertz CT molecular complexity index is 1120. The fraction of sp³-hybridized carbons (Fsp3) is 0.522. The number of hydrogen-bond acceptors (Lipinski definition) is 5. The molecule has 1 atom stereocenters. The van der Waals surface area contributed by atoms with Crippen LogP contribution in [0.5, 0.6) is 0 Å². The number of rotatable bonds is 3. The molecule has 4 rings (SSSR count). The van der Waals surface area contributed by atoms with E-state index >= 15 is 0 Å². The van der Waals surface area contributed by atoms with Crippen LogP contribution in [0.3, 0.4) is 0 Å². The molecule has 2 fully saturated rings. The number of likely N-dealkylation sites (tertiary alicyclic amines) is 1. The van der Waals surface area contributed by atoms with Crippen molar-refractivity contribution in [2.45, 2.75) is 37.9 Å². The second-order valence-electron chi connectivity index (χ2n) is 8.95. The maximum Gasteiger partial charge on any atom is 0.257 e. The van der Waals surface area contributed by atoms with E-state index in [0.717, 1.165) is 12.1 Å². The number of carbonyl (C=O) groups is 1. The van der Waals surface area contributed by atoms with Crippen molar-refractivity contribution < 1.29 is 17.8 Å². The van der Waals surface area contributed by atoms with E-state index in [1.807, 2.05) is 11.8 Å². The molecule has 6 nitrogen and oxygen atoms in total. The first kappa shape index (κ1) is 22.6. The van der Waals surface area contributed by atoms with Gasteiger partial charge < -0.3 is 9.80 Å². The summed E-state index contributed by atoms with van der Waals surface area (Å²) in [7, 11) is -0.927. The molecule has 0 radical (unpaired) electrons. The zero-order valence-electron chi connectivity index (χ0n) is 18.2. The Morgan fingerprint density at radius 2 is 1.81 bits per heavy atom. The summed E-state index contributed by atoms with van der Waals surface area (Å²) in [5.41, 5.74) is 0.725. The summed E-state index contributed by atoms with van der Waals surface area (Å²) in [5, 5.41) is 9.94. The number of fused-ring (bicyclic) bond motifs is 1. The SMILES string of the molecule is CS(=O)C1CCN(C(=O)c2cnc3cc(F)c(F)cc3c2N2CCC(C)(C#N)CC2)CC1. The highest BCUT2D eigenvalue weighted by molar-refractivity contribution is 7.84. The molecule has 1 aromatic heterocycles. The van der Waals surface area contributed by atoms with Gasteiger partial charge in [-0.05, 0) is 38.7 Å². The van der Waals surface area contributed by atoms with Crippen LogP contribution in [0.2, 0.25) is 0 Å². The Labute approximate surface area is 188 Å². The van der Waals surface area contributed by atoms with Crippen molar-refractivity contribution in [2.24, 2.45) is 5.41 Å². The standard InChI is InChI=1S/C23H26F2N4O2S/c1-23(14-26)5-9-28(10-6-23)21-16-11-18(24)19(25)12-20(16)27-13-17(21)22(30)29-7-3-15(4-8-29)32(2)31/h11-13,15H,3-10H2,1-2H3. The van der Waals surface area contributed by atoms with E-state index in [-0.39, 0.29) is 16.7 Å². The topological polar surface area (TPSA) is 77.3 Å². The van der Waals surface area contributed by atoms with Gasteiger partial charge in [0.05, 0.1) is 28.3 Å². The van der Waals surface area contributed by atoms with Gasteiger partial charge >= 0.3 is 0 Å². The summed E-state index contributed by atoms with van der Waals surface area (Å²) in [6, 6.07) is 4.51. The molecule has 32 heavy (non-hydrogen) atoms. The zero-order valence-corrected chi connectivity index (χ0v) is 19.1. The van der Waals surface area contributed by atoms with Gasteiger partial charge in [-0.3, -0.25) is 14.0 Å². The molecule has 0 saturated carbocycles. The smallest absolute Gasteiger partial charge is 0.257 e. The summed E-state index contributed by atoms with van der Waals surface area (Å²) in [4.78, 5) is 21.5. The molecule has 0 aliphatic carbocycles. The van der Waals surface area contributed by atoms with Gasteiger partial charge in [0.15, 0.2) is 11.6 Å². The molecular formula is C23H26F2N4O2S. The second-order valence-corrected chi connectivity index (χ2v) is 10.6. The van der Waals surface area contributed by atoms with E-state index in [9.17, 15) is 23.0 Å². The average Bonchev–Trinajstić information content (AvgIpc) is 2.79.